The summed E-state index contributed by atoms with van der Waals surface area (Å²) in [4.78, 5) is 0. The Bertz CT molecular complexity index is 680. The Morgan fingerprint density at radius 1 is 1.04 bits per heavy atom. The van der Waals surface area contributed by atoms with Crippen molar-refractivity contribution in [3.63, 3.8) is 0 Å². The average molecular weight is 347 g/mol. The molecule has 2 N–H and O–H groups in total. The molecule has 0 saturated carbocycles. The van der Waals surface area contributed by atoms with Gasteiger partial charge in [-0.2, -0.15) is 0 Å². The Kier molecular flexibility index (Phi) is 6.03. The van der Waals surface area contributed by atoms with Crippen LogP contribution in [0.15, 0.2) is 42.5 Å². The third-order valence-electron chi connectivity index (χ3n) is 3.82. The maximum atomic E-state index is 5.91. The fourth-order valence-electron chi connectivity index (χ4n) is 2.62. The normalized spacial score (nSPS) is 12.1. The van der Waals surface area contributed by atoms with Crippen molar-refractivity contribution in [1.82, 2.24) is 5.32 Å². The van der Waals surface area contributed by atoms with Crippen molar-refractivity contribution in [3.8, 4) is 0 Å². The number of hydrogen-bond donors (Lipinski definition) is 2. The van der Waals surface area contributed by atoms with Crippen molar-refractivity contribution in [1.29, 1.82) is 0 Å². The van der Waals surface area contributed by atoms with Crippen molar-refractivity contribution in [2.24, 2.45) is 5.92 Å². The second-order valence-corrected chi connectivity index (χ2v) is 7.03. The topological polar surface area (TPSA) is 24.1 Å². The second-order valence-electron chi connectivity index (χ2n) is 6.19. The van der Waals surface area contributed by atoms with Gasteiger partial charge in [-0.1, -0.05) is 49.2 Å². The Morgan fingerprint density at radius 2 is 1.70 bits per heavy atom. The molecule has 0 radical (unpaired) electrons. The molecule has 4 heteroatoms. The first-order valence-electron chi connectivity index (χ1n) is 7.77. The summed E-state index contributed by atoms with van der Waals surface area (Å²) < 4.78 is 0. The zero-order chi connectivity index (χ0) is 17.0. The number of hydrogen-bond acceptors (Lipinski definition) is 1. The van der Waals surface area contributed by atoms with Crippen LogP contribution in [0.2, 0.25) is 5.02 Å². The lowest BCUT2D eigenvalue weighted by atomic mass is 9.92. The smallest absolute Gasteiger partial charge is 0.171 e. The van der Waals surface area contributed by atoms with E-state index in [1.54, 1.807) is 0 Å². The van der Waals surface area contributed by atoms with Gasteiger partial charge in [0.2, 0.25) is 0 Å². The van der Waals surface area contributed by atoms with Gasteiger partial charge >= 0.3 is 0 Å². The summed E-state index contributed by atoms with van der Waals surface area (Å²) in [6.45, 7) is 8.65. The molecule has 122 valence electrons. The first-order chi connectivity index (χ1) is 10.9. The molecular formula is C19H23ClN2S. The van der Waals surface area contributed by atoms with Crippen LogP contribution in [-0.4, -0.2) is 5.11 Å². The summed E-state index contributed by atoms with van der Waals surface area (Å²) in [7, 11) is 0. The van der Waals surface area contributed by atoms with Crippen LogP contribution in [0.3, 0.4) is 0 Å². The summed E-state index contributed by atoms with van der Waals surface area (Å²) in [5.74, 6) is 0.418. The molecule has 2 nitrogen and oxygen atoms in total. The van der Waals surface area contributed by atoms with Crippen molar-refractivity contribution in [2.75, 3.05) is 5.32 Å². The fourth-order valence-corrected chi connectivity index (χ4v) is 2.99. The molecule has 0 aromatic heterocycles. The molecule has 0 aliphatic carbocycles. The zero-order valence-electron chi connectivity index (χ0n) is 14.0. The third kappa shape index (κ3) is 4.95. The molecule has 0 spiro atoms. The van der Waals surface area contributed by atoms with E-state index in [0.29, 0.717) is 16.1 Å². The zero-order valence-corrected chi connectivity index (χ0v) is 15.6. The molecule has 0 saturated heterocycles. The standard InChI is InChI=1S/C19H23ClN2S/c1-12(2)18(17-10-5-13(3)11-14(17)4)22-19(23)21-16-8-6-15(20)7-9-16/h5-12,18H,1-4H3,(H2,21,22,23). The predicted octanol–water partition coefficient (Wildman–Crippen LogP) is 5.64. The number of thiocarbonyl (C=S) groups is 1. The third-order valence-corrected chi connectivity index (χ3v) is 4.29. The van der Waals surface area contributed by atoms with E-state index in [2.05, 4.69) is 56.5 Å². The molecule has 2 aromatic carbocycles. The van der Waals surface area contributed by atoms with E-state index in [0.717, 1.165) is 5.69 Å². The summed E-state index contributed by atoms with van der Waals surface area (Å²) in [5.41, 5.74) is 4.77. The van der Waals surface area contributed by atoms with Crippen LogP contribution in [0, 0.1) is 19.8 Å². The lowest BCUT2D eigenvalue weighted by Crippen LogP contribution is -2.35. The Morgan fingerprint density at radius 3 is 2.26 bits per heavy atom. The maximum absolute atomic E-state index is 5.91. The molecule has 2 aromatic rings. The monoisotopic (exact) mass is 346 g/mol. The molecule has 1 atom stereocenters. The van der Waals surface area contributed by atoms with Gasteiger partial charge in [0, 0.05) is 10.7 Å². The van der Waals surface area contributed by atoms with Gasteiger partial charge in [-0.3, -0.25) is 0 Å². The molecular weight excluding hydrogens is 324 g/mol. The van der Waals surface area contributed by atoms with E-state index in [9.17, 15) is 0 Å². The molecule has 1 unspecified atom stereocenters. The van der Waals surface area contributed by atoms with Crippen LogP contribution in [0.25, 0.3) is 0 Å². The summed E-state index contributed by atoms with van der Waals surface area (Å²) in [5, 5.41) is 7.99. The summed E-state index contributed by atoms with van der Waals surface area (Å²) >= 11 is 11.4. The van der Waals surface area contributed by atoms with Gasteiger partial charge in [-0.05, 0) is 67.4 Å². The average Bonchev–Trinajstić information content (AvgIpc) is 2.48. The highest BCUT2D eigenvalue weighted by molar-refractivity contribution is 7.80. The van der Waals surface area contributed by atoms with Crippen LogP contribution in [0.1, 0.15) is 36.6 Å². The first-order valence-corrected chi connectivity index (χ1v) is 8.55. The largest absolute Gasteiger partial charge is 0.355 e. The maximum Gasteiger partial charge on any atom is 0.171 e. The second kappa shape index (κ2) is 7.80. The predicted molar refractivity (Wildman–Crippen MR) is 104 cm³/mol. The number of rotatable bonds is 4. The van der Waals surface area contributed by atoms with Crippen molar-refractivity contribution >= 4 is 34.6 Å². The van der Waals surface area contributed by atoms with Crippen molar-refractivity contribution < 1.29 is 0 Å². The van der Waals surface area contributed by atoms with Gasteiger partial charge in [-0.15, -0.1) is 0 Å². The summed E-state index contributed by atoms with van der Waals surface area (Å²) in [6.07, 6.45) is 0. The van der Waals surface area contributed by atoms with E-state index in [1.807, 2.05) is 24.3 Å². The quantitative estimate of drug-likeness (QED) is 0.700. The molecule has 0 amide bonds. The minimum atomic E-state index is 0.169. The molecule has 0 aliphatic heterocycles. The molecule has 23 heavy (non-hydrogen) atoms. The van der Waals surface area contributed by atoms with E-state index in [1.165, 1.54) is 16.7 Å². The van der Waals surface area contributed by atoms with Gasteiger partial charge in [0.25, 0.3) is 0 Å². The molecule has 0 bridgehead atoms. The van der Waals surface area contributed by atoms with E-state index in [-0.39, 0.29) is 6.04 Å². The minimum absolute atomic E-state index is 0.169. The van der Waals surface area contributed by atoms with Gasteiger partial charge in [-0.25, -0.2) is 0 Å². The SMILES string of the molecule is Cc1ccc(C(NC(=S)Nc2ccc(Cl)cc2)C(C)C)c(C)c1. The Labute approximate surface area is 149 Å². The van der Waals surface area contributed by atoms with Gasteiger partial charge in [0.1, 0.15) is 0 Å². The minimum Gasteiger partial charge on any atom is -0.355 e. The highest BCUT2D eigenvalue weighted by Crippen LogP contribution is 2.25. The Balaban J connectivity index is 2.12. The molecule has 0 heterocycles. The number of anilines is 1. The first kappa shape index (κ1) is 17.8. The number of nitrogens with one attached hydrogen (secondary N) is 2. The van der Waals surface area contributed by atoms with Crippen LogP contribution in [-0.2, 0) is 0 Å². The summed E-state index contributed by atoms with van der Waals surface area (Å²) in [6, 6.07) is 14.2. The number of halogens is 1. The van der Waals surface area contributed by atoms with E-state index in [4.69, 9.17) is 23.8 Å². The highest BCUT2D eigenvalue weighted by Gasteiger charge is 2.18. The van der Waals surface area contributed by atoms with Gasteiger partial charge in [0.15, 0.2) is 5.11 Å². The van der Waals surface area contributed by atoms with Crippen molar-refractivity contribution in [3.05, 3.63) is 64.2 Å². The molecule has 0 aliphatic rings. The molecule has 0 fully saturated rings. The lowest BCUT2D eigenvalue weighted by molar-refractivity contribution is 0.471. The fraction of sp³-hybridized carbons (Fsp3) is 0.316. The van der Waals surface area contributed by atoms with E-state index < -0.39 is 0 Å². The molecule has 2 rings (SSSR count). The van der Waals surface area contributed by atoms with Gasteiger partial charge in [0.05, 0.1) is 6.04 Å². The van der Waals surface area contributed by atoms with Crippen LogP contribution in [0.4, 0.5) is 5.69 Å². The van der Waals surface area contributed by atoms with E-state index >= 15 is 0 Å². The van der Waals surface area contributed by atoms with Crippen molar-refractivity contribution in [2.45, 2.75) is 33.7 Å². The lowest BCUT2D eigenvalue weighted by Gasteiger charge is -2.26. The number of benzene rings is 2. The van der Waals surface area contributed by atoms with Crippen LogP contribution < -0.4 is 10.6 Å². The Hall–Kier alpha value is -1.58. The van der Waals surface area contributed by atoms with Crippen LogP contribution >= 0.6 is 23.8 Å². The van der Waals surface area contributed by atoms with Gasteiger partial charge < -0.3 is 10.6 Å². The number of aryl methyl sites for hydroxylation is 2. The van der Waals surface area contributed by atoms with Crippen LogP contribution in [0.5, 0.6) is 0 Å². The highest BCUT2D eigenvalue weighted by atomic mass is 35.5.